The molecule has 1 aliphatic heterocycles. The number of fused-ring (bicyclic) bond motifs is 1. The van der Waals surface area contributed by atoms with Gasteiger partial charge in [-0.15, -0.1) is 0 Å². The van der Waals surface area contributed by atoms with Gasteiger partial charge >= 0.3 is 0 Å². The van der Waals surface area contributed by atoms with E-state index in [0.717, 1.165) is 34.7 Å². The Morgan fingerprint density at radius 3 is 2.28 bits per heavy atom. The molecule has 0 amide bonds. The lowest BCUT2D eigenvalue weighted by Crippen LogP contribution is -2.50. The molecule has 4 nitrogen and oxygen atoms in total. The number of rotatable bonds is 8. The molecule has 3 aromatic carbocycles. The van der Waals surface area contributed by atoms with Crippen LogP contribution in [0.1, 0.15) is 49.1 Å². The molecule has 4 heteroatoms. The minimum atomic E-state index is -0.543. The van der Waals surface area contributed by atoms with Gasteiger partial charge in [0.15, 0.2) is 0 Å². The smallest absolute Gasteiger partial charge is 0.132 e. The van der Waals surface area contributed by atoms with E-state index in [0.29, 0.717) is 13.2 Å². The first-order chi connectivity index (χ1) is 15.5. The minimum Gasteiger partial charge on any atom is -0.485 e. The Hall–Kier alpha value is -2.82. The number of ether oxygens (including phenoxy) is 3. The van der Waals surface area contributed by atoms with Gasteiger partial charge in [0.2, 0.25) is 0 Å². The highest BCUT2D eigenvalue weighted by molar-refractivity contribution is 5.53. The normalized spacial score (nSPS) is 19.1. The van der Waals surface area contributed by atoms with E-state index >= 15 is 0 Å². The molecule has 1 N–H and O–H groups in total. The summed E-state index contributed by atoms with van der Waals surface area (Å²) in [5.41, 5.74) is 5.05. The van der Waals surface area contributed by atoms with Gasteiger partial charge in [-0.25, -0.2) is 0 Å². The maximum absolute atomic E-state index is 6.55. The Morgan fingerprint density at radius 1 is 0.875 bits per heavy atom. The summed E-state index contributed by atoms with van der Waals surface area (Å²) in [5, 5.41) is 3.40. The zero-order chi connectivity index (χ0) is 22.6. The summed E-state index contributed by atoms with van der Waals surface area (Å²) in [7, 11) is 0. The molecular formula is C28H33NO3. The van der Waals surface area contributed by atoms with E-state index in [1.165, 1.54) is 5.56 Å². The molecule has 168 valence electrons. The van der Waals surface area contributed by atoms with Crippen LogP contribution in [0, 0.1) is 6.92 Å². The summed E-state index contributed by atoms with van der Waals surface area (Å²) in [6, 6.07) is 24.9. The number of anilines is 1. The average molecular weight is 432 g/mol. The molecule has 4 rings (SSSR count). The lowest BCUT2D eigenvalue weighted by atomic mass is 9.87. The first kappa shape index (κ1) is 22.4. The third-order valence-electron chi connectivity index (χ3n) is 5.85. The van der Waals surface area contributed by atoms with Gasteiger partial charge < -0.3 is 19.5 Å². The Bertz CT molecular complexity index is 1010. The van der Waals surface area contributed by atoms with Crippen molar-refractivity contribution >= 4 is 5.69 Å². The predicted molar refractivity (Wildman–Crippen MR) is 129 cm³/mol. The Morgan fingerprint density at radius 2 is 1.56 bits per heavy atom. The molecule has 32 heavy (non-hydrogen) atoms. The largest absolute Gasteiger partial charge is 0.485 e. The van der Waals surface area contributed by atoms with Crippen molar-refractivity contribution in [3.8, 4) is 5.75 Å². The van der Waals surface area contributed by atoms with E-state index < -0.39 is 5.60 Å². The van der Waals surface area contributed by atoms with E-state index in [1.54, 1.807) is 0 Å². The second-order valence-electron chi connectivity index (χ2n) is 8.92. The van der Waals surface area contributed by atoms with Crippen molar-refractivity contribution < 1.29 is 14.2 Å². The summed E-state index contributed by atoms with van der Waals surface area (Å²) in [6.07, 6.45) is -0.519. The van der Waals surface area contributed by atoms with Crippen LogP contribution in [0.5, 0.6) is 5.75 Å². The molecule has 2 atom stereocenters. The van der Waals surface area contributed by atoms with Gasteiger partial charge in [0.1, 0.15) is 23.6 Å². The summed E-state index contributed by atoms with van der Waals surface area (Å²) in [4.78, 5) is 0. The highest BCUT2D eigenvalue weighted by atomic mass is 16.6. The molecule has 3 aromatic rings. The molecule has 0 aromatic heterocycles. The Kier molecular flexibility index (Phi) is 6.83. The molecule has 0 saturated carbocycles. The maximum atomic E-state index is 6.55. The van der Waals surface area contributed by atoms with E-state index in [4.69, 9.17) is 14.2 Å². The number of aryl methyl sites for hydroxylation is 1. The number of hydrogen-bond donors (Lipinski definition) is 1. The van der Waals surface area contributed by atoms with Crippen LogP contribution < -0.4 is 10.1 Å². The molecule has 0 spiro atoms. The highest BCUT2D eigenvalue weighted by Crippen LogP contribution is 2.45. The fraction of sp³-hybridized carbons (Fsp3) is 0.357. The first-order valence-electron chi connectivity index (χ1n) is 11.4. The molecule has 0 fully saturated rings. The van der Waals surface area contributed by atoms with Crippen molar-refractivity contribution in [2.45, 2.75) is 58.7 Å². The summed E-state index contributed by atoms with van der Waals surface area (Å²) < 4.78 is 19.5. The molecule has 0 saturated heterocycles. The van der Waals surface area contributed by atoms with E-state index in [9.17, 15) is 0 Å². The van der Waals surface area contributed by atoms with Gasteiger partial charge in [-0.2, -0.15) is 0 Å². The SMILES string of the molecule is CCNc1ccc2c(c1)C(OCc1ccccc1)C(OCc1ccc(C)cc1)C(C)(C)O2. The second-order valence-corrected chi connectivity index (χ2v) is 8.92. The standard InChI is InChI=1S/C28H33NO3/c1-5-29-23-15-16-25-24(17-23)26(30-18-21-9-7-6-8-10-21)27(28(3,4)32-25)31-19-22-13-11-20(2)12-14-22/h6-17,26-27,29H,5,18-19H2,1-4H3. The van der Waals surface area contributed by atoms with Crippen LogP contribution >= 0.6 is 0 Å². The number of benzene rings is 3. The Balaban J connectivity index is 1.63. The maximum Gasteiger partial charge on any atom is 0.132 e. The molecule has 1 aliphatic rings. The highest BCUT2D eigenvalue weighted by Gasteiger charge is 2.45. The third-order valence-corrected chi connectivity index (χ3v) is 5.85. The van der Waals surface area contributed by atoms with Gasteiger partial charge in [0, 0.05) is 17.8 Å². The van der Waals surface area contributed by atoms with Gasteiger partial charge in [-0.05, 0) is 57.0 Å². The minimum absolute atomic E-state index is 0.252. The third kappa shape index (κ3) is 5.14. The van der Waals surface area contributed by atoms with Crippen LogP contribution in [0.25, 0.3) is 0 Å². The quantitative estimate of drug-likeness (QED) is 0.445. The first-order valence-corrected chi connectivity index (χ1v) is 11.4. The summed E-state index contributed by atoms with van der Waals surface area (Å²) >= 11 is 0. The topological polar surface area (TPSA) is 39.7 Å². The zero-order valence-corrected chi connectivity index (χ0v) is 19.4. The van der Waals surface area contributed by atoms with Crippen molar-refractivity contribution in [1.82, 2.24) is 0 Å². The van der Waals surface area contributed by atoms with Crippen LogP contribution in [0.3, 0.4) is 0 Å². The number of nitrogens with one attached hydrogen (secondary N) is 1. The fourth-order valence-electron chi connectivity index (χ4n) is 4.14. The van der Waals surface area contributed by atoms with E-state index in [2.05, 4.69) is 81.5 Å². The predicted octanol–water partition coefficient (Wildman–Crippen LogP) is 6.44. The summed E-state index contributed by atoms with van der Waals surface area (Å²) in [5.74, 6) is 0.852. The molecule has 1 heterocycles. The molecular weight excluding hydrogens is 398 g/mol. The van der Waals surface area contributed by atoms with E-state index in [1.807, 2.05) is 24.3 Å². The van der Waals surface area contributed by atoms with E-state index in [-0.39, 0.29) is 12.2 Å². The van der Waals surface area contributed by atoms with Crippen LogP contribution in [-0.2, 0) is 22.7 Å². The monoisotopic (exact) mass is 431 g/mol. The average Bonchev–Trinajstić information content (AvgIpc) is 2.78. The number of hydrogen-bond acceptors (Lipinski definition) is 4. The van der Waals surface area contributed by atoms with Crippen molar-refractivity contribution in [2.24, 2.45) is 0 Å². The second kappa shape index (κ2) is 9.76. The van der Waals surface area contributed by atoms with Crippen LogP contribution in [0.4, 0.5) is 5.69 Å². The molecule has 0 aliphatic carbocycles. The lowest BCUT2D eigenvalue weighted by molar-refractivity contribution is -0.170. The molecule has 0 bridgehead atoms. The Labute approximate surface area is 191 Å². The zero-order valence-electron chi connectivity index (χ0n) is 19.4. The van der Waals surface area contributed by atoms with Crippen molar-refractivity contribution in [2.75, 3.05) is 11.9 Å². The molecule has 0 radical (unpaired) electrons. The summed E-state index contributed by atoms with van der Waals surface area (Å²) in [6.45, 7) is 10.2. The van der Waals surface area contributed by atoms with Gasteiger partial charge in [-0.1, -0.05) is 60.2 Å². The molecule has 2 unspecified atom stereocenters. The van der Waals surface area contributed by atoms with Gasteiger partial charge in [0.25, 0.3) is 0 Å². The van der Waals surface area contributed by atoms with Gasteiger partial charge in [-0.3, -0.25) is 0 Å². The van der Waals surface area contributed by atoms with Crippen LogP contribution in [0.15, 0.2) is 72.8 Å². The fourth-order valence-corrected chi connectivity index (χ4v) is 4.14. The van der Waals surface area contributed by atoms with Gasteiger partial charge in [0.05, 0.1) is 13.2 Å². The van der Waals surface area contributed by atoms with Crippen molar-refractivity contribution in [3.63, 3.8) is 0 Å². The van der Waals surface area contributed by atoms with Crippen molar-refractivity contribution in [1.29, 1.82) is 0 Å². The lowest BCUT2D eigenvalue weighted by Gasteiger charge is -2.44. The van der Waals surface area contributed by atoms with Crippen LogP contribution in [-0.4, -0.2) is 18.2 Å². The van der Waals surface area contributed by atoms with Crippen molar-refractivity contribution in [3.05, 3.63) is 95.1 Å². The van der Waals surface area contributed by atoms with Crippen LogP contribution in [0.2, 0.25) is 0 Å².